The molecule has 0 aliphatic carbocycles. The number of aromatic nitrogens is 1. The lowest BCUT2D eigenvalue weighted by molar-refractivity contribution is -0.617. The molecule has 184 valence electrons. The fourth-order valence-corrected chi connectivity index (χ4v) is 4.94. The van der Waals surface area contributed by atoms with Crippen LogP contribution in [0.1, 0.15) is 37.4 Å². The summed E-state index contributed by atoms with van der Waals surface area (Å²) in [7, 11) is 1.85. The first-order chi connectivity index (χ1) is 17.8. The Hall–Kier alpha value is -4.71. The van der Waals surface area contributed by atoms with E-state index < -0.39 is 11.9 Å². The first-order valence-electron chi connectivity index (χ1n) is 11.9. The van der Waals surface area contributed by atoms with E-state index in [0.717, 1.165) is 22.2 Å². The van der Waals surface area contributed by atoms with Gasteiger partial charge in [-0.2, -0.15) is 4.57 Å². The second-order valence-corrected chi connectivity index (χ2v) is 9.15. The third kappa shape index (κ3) is 4.27. The van der Waals surface area contributed by atoms with Crippen LogP contribution in [0.15, 0.2) is 78.9 Å². The molecule has 0 saturated carbocycles. The van der Waals surface area contributed by atoms with Gasteiger partial charge in [-0.25, -0.2) is 9.59 Å². The van der Waals surface area contributed by atoms with Crippen LogP contribution in [0.2, 0.25) is 0 Å². The van der Waals surface area contributed by atoms with Crippen LogP contribution < -0.4 is 9.67 Å². The van der Waals surface area contributed by atoms with Gasteiger partial charge in [0.2, 0.25) is 11.0 Å². The van der Waals surface area contributed by atoms with Crippen molar-refractivity contribution in [1.82, 2.24) is 0 Å². The molecule has 1 heterocycles. The van der Waals surface area contributed by atoms with Gasteiger partial charge in [-0.1, -0.05) is 54.6 Å². The Kier molecular flexibility index (Phi) is 6.09. The predicted molar refractivity (Wildman–Crippen MR) is 140 cm³/mol. The van der Waals surface area contributed by atoms with E-state index in [0.29, 0.717) is 33.0 Å². The van der Waals surface area contributed by atoms with Crippen molar-refractivity contribution in [1.29, 1.82) is 0 Å². The van der Waals surface area contributed by atoms with Crippen LogP contribution >= 0.6 is 0 Å². The third-order valence-corrected chi connectivity index (χ3v) is 6.86. The number of carbonyl (C=O) groups is 2. The average Bonchev–Trinajstić information content (AvgIpc) is 2.88. The number of ether oxygens (including phenoxy) is 1. The molecule has 0 fully saturated rings. The van der Waals surface area contributed by atoms with Gasteiger partial charge in [0.05, 0.1) is 27.5 Å². The van der Waals surface area contributed by atoms with Gasteiger partial charge in [-0.3, -0.25) is 0 Å². The normalized spacial score (nSPS) is 11.1. The molecule has 0 atom stereocenters. The summed E-state index contributed by atoms with van der Waals surface area (Å²) in [6.07, 6.45) is 0. The van der Waals surface area contributed by atoms with Crippen LogP contribution in [0.25, 0.3) is 32.9 Å². The number of carbonyl (C=O) groups excluding carboxylic acids is 1. The Morgan fingerprint density at radius 3 is 2.24 bits per heavy atom. The summed E-state index contributed by atoms with van der Waals surface area (Å²) in [5.41, 5.74) is 6.24. The minimum Gasteiger partial charge on any atom is -0.872 e. The van der Waals surface area contributed by atoms with Crippen molar-refractivity contribution in [2.45, 2.75) is 20.5 Å². The molecule has 4 aromatic carbocycles. The van der Waals surface area contributed by atoms with Crippen LogP contribution in [0.3, 0.4) is 0 Å². The first kappa shape index (κ1) is 24.0. The summed E-state index contributed by atoms with van der Waals surface area (Å²) in [5.74, 6) is -1.83. The smallest absolute Gasteiger partial charge is 0.338 e. The second-order valence-electron chi connectivity index (χ2n) is 9.15. The summed E-state index contributed by atoms with van der Waals surface area (Å²) >= 11 is 0. The largest absolute Gasteiger partial charge is 0.872 e. The van der Waals surface area contributed by atoms with E-state index in [-0.39, 0.29) is 17.9 Å². The quantitative estimate of drug-likeness (QED) is 0.207. The van der Waals surface area contributed by atoms with E-state index >= 15 is 0 Å². The minimum absolute atomic E-state index is 0.0920. The molecule has 0 saturated heterocycles. The number of benzene rings is 4. The number of fused-ring (bicyclic) bond motifs is 2. The summed E-state index contributed by atoms with van der Waals surface area (Å²) < 4.78 is 7.46. The zero-order chi connectivity index (χ0) is 26.3. The number of aryl methyl sites for hydroxylation is 3. The number of aromatic carboxylic acids is 1. The Balaban J connectivity index is 1.55. The maximum atomic E-state index is 12.7. The zero-order valence-corrected chi connectivity index (χ0v) is 20.7. The van der Waals surface area contributed by atoms with Crippen molar-refractivity contribution in [3.05, 3.63) is 107 Å². The van der Waals surface area contributed by atoms with E-state index in [9.17, 15) is 19.8 Å². The number of carboxylic acids is 1. The van der Waals surface area contributed by atoms with Crippen LogP contribution in [-0.4, -0.2) is 17.0 Å². The number of pyridine rings is 1. The number of carboxylic acid groups (broad SMARTS) is 1. The van der Waals surface area contributed by atoms with E-state index in [1.165, 1.54) is 12.1 Å². The van der Waals surface area contributed by atoms with Crippen LogP contribution in [-0.2, 0) is 18.4 Å². The molecule has 1 aromatic heterocycles. The lowest BCUT2D eigenvalue weighted by Gasteiger charge is -2.15. The molecule has 37 heavy (non-hydrogen) atoms. The van der Waals surface area contributed by atoms with E-state index in [2.05, 4.69) is 0 Å². The van der Waals surface area contributed by atoms with E-state index in [1.807, 2.05) is 55.8 Å². The molecule has 0 bridgehead atoms. The summed E-state index contributed by atoms with van der Waals surface area (Å²) in [6.45, 7) is 4.15. The van der Waals surface area contributed by atoms with Gasteiger partial charge < -0.3 is 14.9 Å². The first-order valence-corrected chi connectivity index (χ1v) is 11.9. The van der Waals surface area contributed by atoms with Gasteiger partial charge >= 0.3 is 11.9 Å². The SMILES string of the molecule is Cc1cccc(C)c1COC(=O)c1ccc(-c2cc([O-])cc3c(C(=O)O)c4ccccc4[n+](C)c23)cc1. The van der Waals surface area contributed by atoms with Crippen LogP contribution in [0.5, 0.6) is 5.75 Å². The van der Waals surface area contributed by atoms with Crippen molar-refractivity contribution in [3.8, 4) is 16.9 Å². The second kappa shape index (κ2) is 9.39. The summed E-state index contributed by atoms with van der Waals surface area (Å²) in [6, 6.07) is 22.8. The molecular weight excluding hydrogens is 466 g/mol. The molecule has 0 aliphatic heterocycles. The monoisotopic (exact) mass is 491 g/mol. The minimum atomic E-state index is -1.10. The molecule has 5 rings (SSSR count). The average molecular weight is 492 g/mol. The van der Waals surface area contributed by atoms with Gasteiger partial charge in [0.15, 0.2) is 0 Å². The van der Waals surface area contributed by atoms with Crippen molar-refractivity contribution in [2.75, 3.05) is 0 Å². The molecule has 5 aromatic rings. The number of rotatable bonds is 5. The van der Waals surface area contributed by atoms with Crippen molar-refractivity contribution < 1.29 is 29.1 Å². The number of nitrogens with zero attached hydrogens (tertiary/aromatic N) is 1. The topological polar surface area (TPSA) is 90.5 Å². The van der Waals surface area contributed by atoms with E-state index in [4.69, 9.17) is 4.74 Å². The lowest BCUT2D eigenvalue weighted by Crippen LogP contribution is -2.32. The predicted octanol–water partition coefficient (Wildman–Crippen LogP) is 5.23. The Bertz CT molecular complexity index is 1680. The van der Waals surface area contributed by atoms with E-state index in [1.54, 1.807) is 36.4 Å². The zero-order valence-electron chi connectivity index (χ0n) is 20.7. The Labute approximate surface area is 214 Å². The summed E-state index contributed by atoms with van der Waals surface area (Å²) in [4.78, 5) is 25.0. The highest BCUT2D eigenvalue weighted by Crippen LogP contribution is 2.34. The third-order valence-electron chi connectivity index (χ3n) is 6.86. The lowest BCUT2D eigenvalue weighted by atomic mass is 9.95. The molecule has 0 unspecified atom stereocenters. The van der Waals surface area contributed by atoms with Gasteiger partial charge in [0, 0.05) is 6.07 Å². The molecule has 6 heteroatoms. The van der Waals surface area contributed by atoms with Gasteiger partial charge in [0.1, 0.15) is 13.7 Å². The summed E-state index contributed by atoms with van der Waals surface area (Å²) in [5, 5.41) is 23.6. The number of para-hydroxylation sites is 1. The molecule has 0 amide bonds. The molecule has 0 radical (unpaired) electrons. The standard InChI is InChI=1S/C31H25NO5/c1-18-7-6-8-19(2)26(18)17-37-31(36)21-13-11-20(12-14-21)24-15-22(33)16-25-28(30(34)35)23-9-4-5-10-27(23)32(3)29(24)25/h4-16H,17H2,1-3H3,(H-,33,34,35). The number of hydrogen-bond acceptors (Lipinski definition) is 4. The highest BCUT2D eigenvalue weighted by atomic mass is 16.5. The highest BCUT2D eigenvalue weighted by molar-refractivity contribution is 6.14. The molecular formula is C31H25NO5. The molecule has 0 aliphatic rings. The van der Waals surface area contributed by atoms with Gasteiger partial charge in [0.25, 0.3) is 0 Å². The maximum absolute atomic E-state index is 12.7. The number of hydrogen-bond donors (Lipinski definition) is 1. The number of esters is 1. The fourth-order valence-electron chi connectivity index (χ4n) is 4.94. The van der Waals surface area contributed by atoms with Crippen molar-refractivity contribution in [2.24, 2.45) is 7.05 Å². The van der Waals surface area contributed by atoms with Crippen molar-refractivity contribution >= 4 is 33.7 Å². The Morgan fingerprint density at radius 1 is 0.892 bits per heavy atom. The highest BCUT2D eigenvalue weighted by Gasteiger charge is 2.25. The van der Waals surface area contributed by atoms with Crippen LogP contribution in [0.4, 0.5) is 0 Å². The van der Waals surface area contributed by atoms with Crippen molar-refractivity contribution in [3.63, 3.8) is 0 Å². The van der Waals surface area contributed by atoms with Gasteiger partial charge in [-0.15, -0.1) is 5.75 Å². The molecule has 0 spiro atoms. The molecule has 1 N–H and O–H groups in total. The van der Waals surface area contributed by atoms with Crippen LogP contribution in [0, 0.1) is 13.8 Å². The van der Waals surface area contributed by atoms with Gasteiger partial charge in [-0.05, 0) is 54.3 Å². The maximum Gasteiger partial charge on any atom is 0.338 e. The molecule has 6 nitrogen and oxygen atoms in total. The Morgan fingerprint density at radius 2 is 1.57 bits per heavy atom. The fraction of sp³-hybridized carbons (Fsp3) is 0.129.